The molecule has 0 aliphatic rings. The Balaban J connectivity index is 2.64. The minimum absolute atomic E-state index is 0.337. The Morgan fingerprint density at radius 3 is 2.88 bits per heavy atom. The van der Waals surface area contributed by atoms with Gasteiger partial charge in [0, 0.05) is 10.4 Å². The van der Waals surface area contributed by atoms with Gasteiger partial charge in [0.25, 0.3) is 0 Å². The number of hydrogen-bond acceptors (Lipinski definition) is 3. The second kappa shape index (κ2) is 4.30. The highest BCUT2D eigenvalue weighted by Crippen LogP contribution is 2.30. The molecular weight excluding hydrogens is 240 g/mol. The van der Waals surface area contributed by atoms with Crippen LogP contribution in [0.15, 0.2) is 12.1 Å². The molecule has 5 heteroatoms. The number of nitrogens with two attached hydrogens (primary N) is 1. The van der Waals surface area contributed by atoms with Crippen LogP contribution in [-0.2, 0) is 4.74 Å². The number of benzene rings is 1. The quantitative estimate of drug-likeness (QED) is 0.638. The van der Waals surface area contributed by atoms with Crippen molar-refractivity contribution >= 4 is 34.2 Å². The first-order chi connectivity index (χ1) is 8.04. The van der Waals surface area contributed by atoms with E-state index in [2.05, 4.69) is 4.98 Å². The number of nitrogens with one attached hydrogen (secondary N) is 1. The molecule has 2 aromatic rings. The van der Waals surface area contributed by atoms with Crippen LogP contribution in [0.4, 0.5) is 5.69 Å². The number of halogens is 1. The zero-order valence-corrected chi connectivity index (χ0v) is 10.4. The monoisotopic (exact) mass is 252 g/mol. The third kappa shape index (κ3) is 1.96. The van der Waals surface area contributed by atoms with Crippen molar-refractivity contribution < 1.29 is 9.53 Å². The van der Waals surface area contributed by atoms with Gasteiger partial charge in [-0.15, -0.1) is 0 Å². The van der Waals surface area contributed by atoms with E-state index in [1.165, 1.54) is 0 Å². The van der Waals surface area contributed by atoms with E-state index in [-0.39, 0.29) is 5.97 Å². The molecule has 0 atom stereocenters. The molecule has 1 heterocycles. The highest BCUT2D eigenvalue weighted by atomic mass is 35.5. The van der Waals surface area contributed by atoms with Gasteiger partial charge >= 0.3 is 5.97 Å². The summed E-state index contributed by atoms with van der Waals surface area (Å²) in [7, 11) is 0. The number of H-pyrrole nitrogens is 1. The van der Waals surface area contributed by atoms with Gasteiger partial charge in [-0.25, -0.2) is 4.79 Å². The predicted molar refractivity (Wildman–Crippen MR) is 68.4 cm³/mol. The van der Waals surface area contributed by atoms with E-state index in [0.29, 0.717) is 23.0 Å². The number of fused-ring (bicyclic) bond motifs is 1. The van der Waals surface area contributed by atoms with Gasteiger partial charge in [0.1, 0.15) is 5.69 Å². The number of anilines is 1. The van der Waals surface area contributed by atoms with Gasteiger partial charge in [0.05, 0.1) is 17.8 Å². The van der Waals surface area contributed by atoms with Crippen molar-refractivity contribution in [3.63, 3.8) is 0 Å². The van der Waals surface area contributed by atoms with Crippen LogP contribution in [0.5, 0.6) is 0 Å². The molecule has 0 fully saturated rings. The van der Waals surface area contributed by atoms with Gasteiger partial charge in [0.15, 0.2) is 0 Å². The fraction of sp³-hybridized carbons (Fsp3) is 0.250. The highest BCUT2D eigenvalue weighted by molar-refractivity contribution is 6.32. The van der Waals surface area contributed by atoms with E-state index in [1.807, 2.05) is 6.92 Å². The van der Waals surface area contributed by atoms with E-state index in [9.17, 15) is 4.79 Å². The standard InChI is InChI=1S/C12H13ClN2O2/c1-3-17-12(16)10-6(2)8-4-7(13)5-9(14)11(8)15-10/h4-5,15H,3,14H2,1-2H3. The third-order valence-corrected chi connectivity index (χ3v) is 2.86. The fourth-order valence-electron chi connectivity index (χ4n) is 1.82. The maximum atomic E-state index is 11.7. The molecule has 0 spiro atoms. The topological polar surface area (TPSA) is 68.1 Å². The van der Waals surface area contributed by atoms with E-state index in [4.69, 9.17) is 22.1 Å². The fourth-order valence-corrected chi connectivity index (χ4v) is 2.05. The van der Waals surface area contributed by atoms with Gasteiger partial charge in [-0.1, -0.05) is 11.6 Å². The number of rotatable bonds is 2. The zero-order valence-electron chi connectivity index (χ0n) is 9.63. The summed E-state index contributed by atoms with van der Waals surface area (Å²) in [5.41, 5.74) is 8.31. The highest BCUT2D eigenvalue weighted by Gasteiger charge is 2.17. The van der Waals surface area contributed by atoms with Crippen LogP contribution in [0.2, 0.25) is 5.02 Å². The van der Waals surface area contributed by atoms with Crippen molar-refractivity contribution in [1.82, 2.24) is 4.98 Å². The largest absolute Gasteiger partial charge is 0.461 e. The van der Waals surface area contributed by atoms with Gasteiger partial charge in [-0.05, 0) is 31.5 Å². The average molecular weight is 253 g/mol. The molecule has 0 bridgehead atoms. The minimum atomic E-state index is -0.378. The lowest BCUT2D eigenvalue weighted by atomic mass is 10.1. The van der Waals surface area contributed by atoms with Gasteiger partial charge in [-0.2, -0.15) is 0 Å². The Morgan fingerprint density at radius 2 is 2.24 bits per heavy atom. The molecule has 0 aliphatic carbocycles. The van der Waals surface area contributed by atoms with Crippen LogP contribution in [-0.4, -0.2) is 17.6 Å². The van der Waals surface area contributed by atoms with Gasteiger partial charge < -0.3 is 15.5 Å². The summed E-state index contributed by atoms with van der Waals surface area (Å²) >= 11 is 5.94. The molecule has 1 aromatic carbocycles. The summed E-state index contributed by atoms with van der Waals surface area (Å²) in [5.74, 6) is -0.378. The Hall–Kier alpha value is -1.68. The second-order valence-corrected chi connectivity index (χ2v) is 4.20. The lowest BCUT2D eigenvalue weighted by Crippen LogP contribution is -2.06. The smallest absolute Gasteiger partial charge is 0.355 e. The number of carbonyl (C=O) groups is 1. The number of aryl methyl sites for hydroxylation is 1. The molecule has 0 unspecified atom stereocenters. The zero-order chi connectivity index (χ0) is 12.6. The number of nitrogen functional groups attached to an aromatic ring is 1. The van der Waals surface area contributed by atoms with Crippen molar-refractivity contribution in [2.24, 2.45) is 0 Å². The van der Waals surface area contributed by atoms with Crippen LogP contribution in [0, 0.1) is 6.92 Å². The van der Waals surface area contributed by atoms with Gasteiger partial charge in [-0.3, -0.25) is 0 Å². The van der Waals surface area contributed by atoms with E-state index >= 15 is 0 Å². The molecular formula is C12H13ClN2O2. The van der Waals surface area contributed by atoms with Crippen LogP contribution < -0.4 is 5.73 Å². The molecule has 1 aromatic heterocycles. The molecule has 17 heavy (non-hydrogen) atoms. The molecule has 2 rings (SSSR count). The number of esters is 1. The Labute approximate surface area is 104 Å². The second-order valence-electron chi connectivity index (χ2n) is 3.76. The molecule has 90 valence electrons. The first-order valence-corrected chi connectivity index (χ1v) is 5.66. The summed E-state index contributed by atoms with van der Waals surface area (Å²) in [5, 5.41) is 1.39. The van der Waals surface area contributed by atoms with Crippen molar-refractivity contribution in [2.75, 3.05) is 12.3 Å². The maximum Gasteiger partial charge on any atom is 0.355 e. The summed E-state index contributed by atoms with van der Waals surface area (Å²) in [6.45, 7) is 3.94. The van der Waals surface area contributed by atoms with E-state index in [1.54, 1.807) is 19.1 Å². The lowest BCUT2D eigenvalue weighted by molar-refractivity contribution is 0.0520. The summed E-state index contributed by atoms with van der Waals surface area (Å²) in [6.07, 6.45) is 0. The maximum absolute atomic E-state index is 11.7. The molecule has 0 aliphatic heterocycles. The number of aromatic nitrogens is 1. The first-order valence-electron chi connectivity index (χ1n) is 5.29. The summed E-state index contributed by atoms with van der Waals surface area (Å²) < 4.78 is 4.96. The van der Waals surface area contributed by atoms with Crippen LogP contribution >= 0.6 is 11.6 Å². The number of ether oxygens (including phenoxy) is 1. The Kier molecular flexibility index (Phi) is 2.98. The van der Waals surface area contributed by atoms with Gasteiger partial charge in [0.2, 0.25) is 0 Å². The van der Waals surface area contributed by atoms with Crippen molar-refractivity contribution in [3.05, 3.63) is 28.4 Å². The molecule has 3 N–H and O–H groups in total. The average Bonchev–Trinajstić information content (AvgIpc) is 2.57. The summed E-state index contributed by atoms with van der Waals surface area (Å²) in [4.78, 5) is 14.7. The molecule has 0 radical (unpaired) electrons. The first kappa shape index (κ1) is 11.8. The number of carbonyl (C=O) groups excluding carboxylic acids is 1. The van der Waals surface area contributed by atoms with Crippen molar-refractivity contribution in [3.8, 4) is 0 Å². The Morgan fingerprint density at radius 1 is 1.53 bits per heavy atom. The third-order valence-electron chi connectivity index (χ3n) is 2.64. The molecule has 0 saturated carbocycles. The number of aromatic amines is 1. The Bertz CT molecular complexity index is 590. The molecule has 4 nitrogen and oxygen atoms in total. The van der Waals surface area contributed by atoms with Crippen molar-refractivity contribution in [2.45, 2.75) is 13.8 Å². The van der Waals surface area contributed by atoms with E-state index < -0.39 is 0 Å². The van der Waals surface area contributed by atoms with Crippen LogP contribution in [0.25, 0.3) is 10.9 Å². The van der Waals surface area contributed by atoms with Crippen LogP contribution in [0.1, 0.15) is 23.0 Å². The molecule has 0 amide bonds. The minimum Gasteiger partial charge on any atom is -0.461 e. The van der Waals surface area contributed by atoms with Crippen molar-refractivity contribution in [1.29, 1.82) is 0 Å². The number of hydrogen-bond donors (Lipinski definition) is 2. The molecule has 0 saturated heterocycles. The SMILES string of the molecule is CCOC(=O)c1[nH]c2c(N)cc(Cl)cc2c1C. The predicted octanol–water partition coefficient (Wildman–Crippen LogP) is 2.89. The van der Waals surface area contributed by atoms with Crippen LogP contribution in [0.3, 0.4) is 0 Å². The lowest BCUT2D eigenvalue weighted by Gasteiger charge is -1.99. The summed E-state index contributed by atoms with van der Waals surface area (Å²) in [6, 6.07) is 3.43. The normalized spacial score (nSPS) is 10.8. The van der Waals surface area contributed by atoms with E-state index in [0.717, 1.165) is 16.5 Å².